The fourth-order valence-electron chi connectivity index (χ4n) is 1.43. The molecule has 0 amide bonds. The van der Waals surface area contributed by atoms with Gasteiger partial charge in [-0.25, -0.2) is 4.79 Å². The molecule has 6 heteroatoms. The van der Waals surface area contributed by atoms with Gasteiger partial charge in [-0.05, 0) is 18.6 Å². The molecule has 0 saturated heterocycles. The van der Waals surface area contributed by atoms with Crippen LogP contribution in [0, 0.1) is 0 Å². The standard InChI is InChI=1S/C10H11NO5/c12-6-7-2-1-5-11(7)8(10(15)16)3-4-9(13)14/h1-2,5-6,8H,3-4H2,(H,13,14)(H,15,16)/t8-/m1/s1. The molecule has 0 aliphatic rings. The Balaban J connectivity index is 2.89. The maximum Gasteiger partial charge on any atom is 0.326 e. The highest BCUT2D eigenvalue weighted by molar-refractivity contribution is 5.77. The fourth-order valence-corrected chi connectivity index (χ4v) is 1.43. The Bertz CT molecular complexity index is 409. The third-order valence-electron chi connectivity index (χ3n) is 2.19. The van der Waals surface area contributed by atoms with Gasteiger partial charge in [0.25, 0.3) is 0 Å². The molecule has 0 aromatic carbocycles. The topological polar surface area (TPSA) is 96.6 Å². The summed E-state index contributed by atoms with van der Waals surface area (Å²) in [6.45, 7) is 0. The van der Waals surface area contributed by atoms with E-state index in [1.807, 2.05) is 0 Å². The van der Waals surface area contributed by atoms with Gasteiger partial charge in [-0.1, -0.05) is 0 Å². The number of carboxylic acid groups (broad SMARTS) is 2. The summed E-state index contributed by atoms with van der Waals surface area (Å²) in [5, 5.41) is 17.4. The second kappa shape index (κ2) is 5.11. The Hall–Kier alpha value is -2.11. The summed E-state index contributed by atoms with van der Waals surface area (Å²) < 4.78 is 1.26. The van der Waals surface area contributed by atoms with E-state index < -0.39 is 18.0 Å². The van der Waals surface area contributed by atoms with Crippen LogP contribution < -0.4 is 0 Å². The van der Waals surface area contributed by atoms with Gasteiger partial charge >= 0.3 is 11.9 Å². The van der Waals surface area contributed by atoms with E-state index >= 15 is 0 Å². The summed E-state index contributed by atoms with van der Waals surface area (Å²) in [6.07, 6.45) is 1.68. The van der Waals surface area contributed by atoms with Gasteiger partial charge in [0, 0.05) is 12.6 Å². The maximum absolute atomic E-state index is 10.9. The van der Waals surface area contributed by atoms with Crippen molar-refractivity contribution in [3.63, 3.8) is 0 Å². The fraction of sp³-hybridized carbons (Fsp3) is 0.300. The van der Waals surface area contributed by atoms with Crippen LogP contribution >= 0.6 is 0 Å². The average molecular weight is 225 g/mol. The first kappa shape index (κ1) is 12.0. The third kappa shape index (κ3) is 2.69. The number of aldehydes is 1. The second-order valence-electron chi connectivity index (χ2n) is 3.24. The number of carbonyl (C=O) groups is 3. The SMILES string of the molecule is O=Cc1cccn1[C@H](CCC(=O)O)C(=O)O. The van der Waals surface area contributed by atoms with E-state index in [0.29, 0.717) is 6.29 Å². The lowest BCUT2D eigenvalue weighted by atomic mass is 10.1. The number of carboxylic acids is 2. The molecule has 6 nitrogen and oxygen atoms in total. The highest BCUT2D eigenvalue weighted by Crippen LogP contribution is 2.17. The van der Waals surface area contributed by atoms with Crippen molar-refractivity contribution in [3.8, 4) is 0 Å². The maximum atomic E-state index is 10.9. The largest absolute Gasteiger partial charge is 0.481 e. The van der Waals surface area contributed by atoms with Gasteiger partial charge in [0.15, 0.2) is 6.29 Å². The highest BCUT2D eigenvalue weighted by Gasteiger charge is 2.21. The monoisotopic (exact) mass is 225 g/mol. The van der Waals surface area contributed by atoms with Crippen LogP contribution in [0.15, 0.2) is 18.3 Å². The summed E-state index contributed by atoms with van der Waals surface area (Å²) >= 11 is 0. The lowest BCUT2D eigenvalue weighted by Crippen LogP contribution is -2.21. The number of hydrogen-bond donors (Lipinski definition) is 2. The van der Waals surface area contributed by atoms with E-state index in [0.717, 1.165) is 0 Å². The minimum atomic E-state index is -1.15. The molecule has 1 atom stereocenters. The molecule has 0 fully saturated rings. The molecule has 1 aromatic heterocycles. The van der Waals surface area contributed by atoms with E-state index in [1.54, 1.807) is 6.07 Å². The number of hydrogen-bond acceptors (Lipinski definition) is 3. The minimum absolute atomic E-state index is 0.0554. The molecule has 1 heterocycles. The van der Waals surface area contributed by atoms with Crippen LogP contribution in [0.4, 0.5) is 0 Å². The Labute approximate surface area is 91.1 Å². The lowest BCUT2D eigenvalue weighted by Gasteiger charge is -2.14. The van der Waals surface area contributed by atoms with Gasteiger partial charge in [0.2, 0.25) is 0 Å². The van der Waals surface area contributed by atoms with Crippen molar-refractivity contribution in [1.82, 2.24) is 4.57 Å². The quantitative estimate of drug-likeness (QED) is 0.697. The van der Waals surface area contributed by atoms with E-state index in [1.165, 1.54) is 16.8 Å². The summed E-state index contributed by atoms with van der Waals surface area (Å²) in [6, 6.07) is 2.00. The zero-order chi connectivity index (χ0) is 12.1. The van der Waals surface area contributed by atoms with E-state index in [4.69, 9.17) is 10.2 Å². The first-order valence-electron chi connectivity index (χ1n) is 4.63. The summed E-state index contributed by atoms with van der Waals surface area (Å²) in [5.41, 5.74) is 0.220. The second-order valence-corrected chi connectivity index (χ2v) is 3.24. The molecule has 2 N–H and O–H groups in total. The van der Waals surface area contributed by atoms with Crippen LogP contribution in [-0.2, 0) is 9.59 Å². The normalized spacial score (nSPS) is 12.0. The van der Waals surface area contributed by atoms with Crippen LogP contribution in [0.1, 0.15) is 29.4 Å². The van der Waals surface area contributed by atoms with Crippen LogP contribution in [0.25, 0.3) is 0 Å². The van der Waals surface area contributed by atoms with Gasteiger partial charge < -0.3 is 14.8 Å². The lowest BCUT2D eigenvalue weighted by molar-refractivity contribution is -0.142. The van der Waals surface area contributed by atoms with Crippen LogP contribution in [0.3, 0.4) is 0 Å². The zero-order valence-electron chi connectivity index (χ0n) is 8.37. The van der Waals surface area contributed by atoms with Crippen LogP contribution in [-0.4, -0.2) is 33.0 Å². The number of carbonyl (C=O) groups excluding carboxylic acids is 1. The predicted octanol–water partition coefficient (Wildman–Crippen LogP) is 0.791. The van der Waals surface area contributed by atoms with Crippen molar-refractivity contribution < 1.29 is 24.6 Å². The molecule has 0 saturated carbocycles. The number of rotatable bonds is 6. The van der Waals surface area contributed by atoms with E-state index in [-0.39, 0.29) is 18.5 Å². The molecule has 0 bridgehead atoms. The summed E-state index contributed by atoms with van der Waals surface area (Å²) in [5.74, 6) is -2.22. The predicted molar refractivity (Wildman–Crippen MR) is 53.4 cm³/mol. The van der Waals surface area contributed by atoms with Gasteiger partial charge in [-0.2, -0.15) is 0 Å². The van der Waals surface area contributed by atoms with Crippen molar-refractivity contribution >= 4 is 18.2 Å². The molecular weight excluding hydrogens is 214 g/mol. The van der Waals surface area contributed by atoms with Crippen molar-refractivity contribution in [2.45, 2.75) is 18.9 Å². The van der Waals surface area contributed by atoms with Gasteiger partial charge in [0.05, 0.1) is 5.69 Å². The van der Waals surface area contributed by atoms with Gasteiger partial charge in [-0.3, -0.25) is 9.59 Å². The first-order chi connectivity index (χ1) is 7.56. The summed E-state index contributed by atoms with van der Waals surface area (Å²) in [7, 11) is 0. The number of nitrogens with zero attached hydrogens (tertiary/aromatic N) is 1. The molecule has 86 valence electrons. The zero-order valence-corrected chi connectivity index (χ0v) is 8.37. The minimum Gasteiger partial charge on any atom is -0.481 e. The smallest absolute Gasteiger partial charge is 0.326 e. The van der Waals surface area contributed by atoms with Crippen molar-refractivity contribution in [1.29, 1.82) is 0 Å². The first-order valence-corrected chi connectivity index (χ1v) is 4.63. The Morgan fingerprint density at radius 1 is 1.44 bits per heavy atom. The highest BCUT2D eigenvalue weighted by atomic mass is 16.4. The van der Waals surface area contributed by atoms with Crippen LogP contribution in [0.5, 0.6) is 0 Å². The number of aliphatic carboxylic acids is 2. The molecule has 0 radical (unpaired) electrons. The average Bonchev–Trinajstić information content (AvgIpc) is 2.65. The molecule has 1 rings (SSSR count). The van der Waals surface area contributed by atoms with Crippen molar-refractivity contribution in [2.24, 2.45) is 0 Å². The van der Waals surface area contributed by atoms with Gasteiger partial charge in [-0.15, -0.1) is 0 Å². The van der Waals surface area contributed by atoms with E-state index in [2.05, 4.69) is 0 Å². The van der Waals surface area contributed by atoms with Crippen LogP contribution in [0.2, 0.25) is 0 Å². The molecule has 0 aliphatic carbocycles. The van der Waals surface area contributed by atoms with Crippen molar-refractivity contribution in [2.75, 3.05) is 0 Å². The summed E-state index contributed by atoms with van der Waals surface area (Å²) in [4.78, 5) is 32.0. The molecule has 0 unspecified atom stereocenters. The third-order valence-corrected chi connectivity index (χ3v) is 2.19. The van der Waals surface area contributed by atoms with Crippen molar-refractivity contribution in [3.05, 3.63) is 24.0 Å². The molecule has 1 aromatic rings. The Morgan fingerprint density at radius 3 is 2.62 bits per heavy atom. The van der Waals surface area contributed by atoms with E-state index in [9.17, 15) is 14.4 Å². The Morgan fingerprint density at radius 2 is 2.12 bits per heavy atom. The molecule has 0 aliphatic heterocycles. The number of aromatic nitrogens is 1. The molecule has 16 heavy (non-hydrogen) atoms. The Kier molecular flexibility index (Phi) is 3.82. The molecular formula is C10H11NO5. The molecule has 0 spiro atoms. The van der Waals surface area contributed by atoms with Gasteiger partial charge in [0.1, 0.15) is 6.04 Å².